The Bertz CT molecular complexity index is 151. The monoisotopic (exact) mass is 198 g/mol. The van der Waals surface area contributed by atoms with E-state index in [1.807, 2.05) is 0 Å². The van der Waals surface area contributed by atoms with E-state index in [4.69, 9.17) is 0 Å². The standard InChI is InChI=1S/C12H23P/c1-3-10-9-11(4-2)13(10)12-7-5-6-8-12/h10-12H,3-9H2,1-2H3. The van der Waals surface area contributed by atoms with Gasteiger partial charge < -0.3 is 0 Å². The Kier molecular flexibility index (Phi) is 3.30. The molecule has 1 aliphatic heterocycles. The third-order valence-corrected chi connectivity index (χ3v) is 8.27. The second-order valence-corrected chi connectivity index (χ2v) is 7.83. The minimum Gasteiger partial charge on any atom is -0.0971 e. The summed E-state index contributed by atoms with van der Waals surface area (Å²) in [5.74, 6) is 0. The topological polar surface area (TPSA) is 0 Å². The van der Waals surface area contributed by atoms with Crippen molar-refractivity contribution in [2.75, 3.05) is 0 Å². The lowest BCUT2D eigenvalue weighted by Gasteiger charge is -2.48. The molecular formula is C12H23P. The second kappa shape index (κ2) is 4.30. The van der Waals surface area contributed by atoms with Crippen LogP contribution in [0.2, 0.25) is 0 Å². The minimum atomic E-state index is 0.474. The summed E-state index contributed by atoms with van der Waals surface area (Å²) in [6.07, 6.45) is 10.8. The predicted molar refractivity (Wildman–Crippen MR) is 62.0 cm³/mol. The second-order valence-electron chi connectivity index (χ2n) is 4.75. The smallest absolute Gasteiger partial charge is 0.0201 e. The van der Waals surface area contributed by atoms with Gasteiger partial charge in [0, 0.05) is 0 Å². The lowest BCUT2D eigenvalue weighted by Crippen LogP contribution is -2.33. The van der Waals surface area contributed by atoms with Crippen molar-refractivity contribution in [2.45, 2.75) is 75.8 Å². The fourth-order valence-electron chi connectivity index (χ4n) is 3.27. The first kappa shape index (κ1) is 9.97. The van der Waals surface area contributed by atoms with Gasteiger partial charge in [-0.05, 0) is 49.1 Å². The molecule has 0 nitrogen and oxygen atoms in total. The van der Waals surface area contributed by atoms with E-state index in [9.17, 15) is 0 Å². The Hall–Kier alpha value is 0.430. The SMILES string of the molecule is CCC1CC(CC)P1C1CCCC1. The summed E-state index contributed by atoms with van der Waals surface area (Å²) in [4.78, 5) is 0. The van der Waals surface area contributed by atoms with Crippen molar-refractivity contribution in [3.8, 4) is 0 Å². The molecule has 0 aromatic carbocycles. The van der Waals surface area contributed by atoms with Crippen LogP contribution in [0.3, 0.4) is 0 Å². The molecule has 2 aliphatic rings. The van der Waals surface area contributed by atoms with Crippen LogP contribution >= 0.6 is 7.92 Å². The zero-order chi connectivity index (χ0) is 9.26. The lowest BCUT2D eigenvalue weighted by atomic mass is 10.1. The first-order chi connectivity index (χ1) is 6.36. The predicted octanol–water partition coefficient (Wildman–Crippen LogP) is 4.37. The average molecular weight is 198 g/mol. The van der Waals surface area contributed by atoms with Crippen LogP contribution in [0.25, 0.3) is 0 Å². The van der Waals surface area contributed by atoms with Crippen LogP contribution in [0.1, 0.15) is 58.8 Å². The van der Waals surface area contributed by atoms with Crippen molar-refractivity contribution < 1.29 is 0 Å². The van der Waals surface area contributed by atoms with Gasteiger partial charge in [-0.15, -0.1) is 0 Å². The summed E-state index contributed by atoms with van der Waals surface area (Å²) < 4.78 is 0. The van der Waals surface area contributed by atoms with Gasteiger partial charge in [0.25, 0.3) is 0 Å². The molecule has 0 spiro atoms. The molecule has 0 aromatic rings. The quantitative estimate of drug-likeness (QED) is 0.591. The van der Waals surface area contributed by atoms with Crippen LogP contribution < -0.4 is 0 Å². The van der Waals surface area contributed by atoms with Crippen LogP contribution in [0.15, 0.2) is 0 Å². The summed E-state index contributed by atoms with van der Waals surface area (Å²) in [6.45, 7) is 4.81. The third kappa shape index (κ3) is 1.80. The van der Waals surface area contributed by atoms with Crippen molar-refractivity contribution in [3.63, 3.8) is 0 Å². The molecule has 0 bridgehead atoms. The first-order valence-corrected chi connectivity index (χ1v) is 7.69. The molecule has 1 heteroatoms. The molecule has 1 heterocycles. The number of hydrogen-bond acceptors (Lipinski definition) is 0. The first-order valence-electron chi connectivity index (χ1n) is 6.14. The largest absolute Gasteiger partial charge is 0.0971 e. The maximum absolute atomic E-state index is 2.40. The van der Waals surface area contributed by atoms with E-state index >= 15 is 0 Å². The molecule has 2 rings (SSSR count). The highest BCUT2D eigenvalue weighted by Gasteiger charge is 2.42. The average Bonchev–Trinajstić information content (AvgIpc) is 2.57. The van der Waals surface area contributed by atoms with Crippen LogP contribution in [0, 0.1) is 0 Å². The van der Waals surface area contributed by atoms with E-state index in [-0.39, 0.29) is 0 Å². The zero-order valence-electron chi connectivity index (χ0n) is 9.13. The van der Waals surface area contributed by atoms with Gasteiger partial charge in [-0.25, -0.2) is 0 Å². The number of hydrogen-bond donors (Lipinski definition) is 0. The van der Waals surface area contributed by atoms with Crippen LogP contribution in [0.4, 0.5) is 0 Å². The molecule has 13 heavy (non-hydrogen) atoms. The van der Waals surface area contributed by atoms with Crippen molar-refractivity contribution in [1.82, 2.24) is 0 Å². The Morgan fingerprint density at radius 1 is 1.00 bits per heavy atom. The highest BCUT2D eigenvalue weighted by atomic mass is 31.1. The van der Waals surface area contributed by atoms with E-state index in [2.05, 4.69) is 13.8 Å². The molecule has 76 valence electrons. The van der Waals surface area contributed by atoms with E-state index in [0.717, 1.165) is 0 Å². The van der Waals surface area contributed by atoms with Gasteiger partial charge >= 0.3 is 0 Å². The van der Waals surface area contributed by atoms with Crippen LogP contribution in [-0.4, -0.2) is 17.0 Å². The van der Waals surface area contributed by atoms with Gasteiger partial charge in [-0.1, -0.05) is 34.6 Å². The van der Waals surface area contributed by atoms with E-state index in [1.165, 1.54) is 42.7 Å². The normalized spacial score (nSPS) is 40.6. The van der Waals surface area contributed by atoms with Gasteiger partial charge in [-0.3, -0.25) is 0 Å². The molecule has 0 radical (unpaired) electrons. The van der Waals surface area contributed by atoms with Crippen molar-refractivity contribution in [2.24, 2.45) is 0 Å². The van der Waals surface area contributed by atoms with E-state index in [1.54, 1.807) is 19.3 Å². The summed E-state index contributed by atoms with van der Waals surface area (Å²) >= 11 is 0. The Morgan fingerprint density at radius 2 is 1.54 bits per heavy atom. The van der Waals surface area contributed by atoms with Gasteiger partial charge in [-0.2, -0.15) is 0 Å². The number of rotatable bonds is 3. The van der Waals surface area contributed by atoms with Crippen LogP contribution in [-0.2, 0) is 0 Å². The van der Waals surface area contributed by atoms with E-state index < -0.39 is 0 Å². The molecule has 1 saturated carbocycles. The molecule has 0 amide bonds. The lowest BCUT2D eigenvalue weighted by molar-refractivity contribution is 0.587. The highest BCUT2D eigenvalue weighted by Crippen LogP contribution is 2.67. The van der Waals surface area contributed by atoms with E-state index in [0.29, 0.717) is 7.92 Å². The molecule has 2 fully saturated rings. The molecule has 2 unspecified atom stereocenters. The molecule has 1 aliphatic carbocycles. The maximum Gasteiger partial charge on any atom is -0.0201 e. The summed E-state index contributed by atoms with van der Waals surface area (Å²) in [5.41, 5.74) is 3.53. The van der Waals surface area contributed by atoms with Crippen molar-refractivity contribution in [3.05, 3.63) is 0 Å². The maximum atomic E-state index is 2.40. The third-order valence-electron chi connectivity index (χ3n) is 4.08. The molecule has 1 saturated heterocycles. The molecule has 2 atom stereocenters. The fraction of sp³-hybridized carbons (Fsp3) is 1.00. The fourth-order valence-corrected chi connectivity index (χ4v) is 7.47. The highest BCUT2D eigenvalue weighted by molar-refractivity contribution is 7.61. The van der Waals surface area contributed by atoms with Gasteiger partial charge in [0.1, 0.15) is 0 Å². The van der Waals surface area contributed by atoms with Crippen LogP contribution in [0.5, 0.6) is 0 Å². The summed E-state index contributed by atoms with van der Waals surface area (Å²) in [7, 11) is 0.474. The van der Waals surface area contributed by atoms with Crippen molar-refractivity contribution >= 4 is 7.92 Å². The minimum absolute atomic E-state index is 0.474. The summed E-state index contributed by atoms with van der Waals surface area (Å²) in [6, 6.07) is 0. The molecular weight excluding hydrogens is 175 g/mol. The summed E-state index contributed by atoms with van der Waals surface area (Å²) in [5, 5.41) is 0. The van der Waals surface area contributed by atoms with Gasteiger partial charge in [0.2, 0.25) is 0 Å². The molecule has 0 N–H and O–H groups in total. The van der Waals surface area contributed by atoms with Gasteiger partial charge in [0.05, 0.1) is 0 Å². The van der Waals surface area contributed by atoms with Gasteiger partial charge in [0.15, 0.2) is 0 Å². The van der Waals surface area contributed by atoms with Crippen molar-refractivity contribution in [1.29, 1.82) is 0 Å². The Labute approximate surface area is 84.2 Å². The Balaban J connectivity index is 1.92. The Morgan fingerprint density at radius 3 is 2.00 bits per heavy atom. The zero-order valence-corrected chi connectivity index (χ0v) is 10.0. The molecule has 0 aromatic heterocycles.